The van der Waals surface area contributed by atoms with E-state index in [1.807, 2.05) is 36.4 Å². The fourth-order valence-electron chi connectivity index (χ4n) is 2.30. The number of hydrogen-bond acceptors (Lipinski definition) is 2. The van der Waals surface area contributed by atoms with Gasteiger partial charge in [-0.2, -0.15) is 5.10 Å². The third kappa shape index (κ3) is 4.02. The maximum Gasteiger partial charge on any atom is 0.0746 e. The van der Waals surface area contributed by atoms with E-state index in [4.69, 9.17) is 46.4 Å². The van der Waals surface area contributed by atoms with Crippen LogP contribution in [0, 0.1) is 0 Å². The maximum absolute atomic E-state index is 6.06. The summed E-state index contributed by atoms with van der Waals surface area (Å²) in [5.41, 5.74) is 6.09. The number of rotatable bonds is 3. The lowest BCUT2D eigenvalue weighted by molar-refractivity contribution is 0.620. The molecule has 118 valence electrons. The highest BCUT2D eigenvalue weighted by molar-refractivity contribution is 6.42. The number of hydrogen-bond donors (Lipinski definition) is 1. The summed E-state index contributed by atoms with van der Waals surface area (Å²) in [4.78, 5) is 0. The molecule has 1 unspecified atom stereocenters. The Hall–Kier alpha value is -1.19. The summed E-state index contributed by atoms with van der Waals surface area (Å²) in [6, 6.07) is 11.2. The summed E-state index contributed by atoms with van der Waals surface area (Å²) in [6.07, 6.45) is 4.69. The van der Waals surface area contributed by atoms with Gasteiger partial charge in [0, 0.05) is 6.42 Å². The van der Waals surface area contributed by atoms with E-state index < -0.39 is 0 Å². The van der Waals surface area contributed by atoms with Gasteiger partial charge in [0.05, 0.1) is 31.8 Å². The Morgan fingerprint density at radius 1 is 0.870 bits per heavy atom. The summed E-state index contributed by atoms with van der Waals surface area (Å²) >= 11 is 23.9. The van der Waals surface area contributed by atoms with E-state index in [1.54, 1.807) is 12.1 Å². The van der Waals surface area contributed by atoms with Crippen molar-refractivity contribution >= 4 is 58.2 Å². The highest BCUT2D eigenvalue weighted by Crippen LogP contribution is 2.29. The third-order valence-corrected chi connectivity index (χ3v) is 5.01. The molecule has 3 rings (SSSR count). The first kappa shape index (κ1) is 16.7. The number of allylic oxidation sites excluding steroid dienone is 1. The summed E-state index contributed by atoms with van der Waals surface area (Å²) in [6.45, 7) is 0. The Balaban J connectivity index is 1.68. The van der Waals surface area contributed by atoms with Crippen molar-refractivity contribution in [3.05, 3.63) is 73.7 Å². The van der Waals surface area contributed by atoms with E-state index in [2.05, 4.69) is 10.5 Å². The predicted molar refractivity (Wildman–Crippen MR) is 99.9 cm³/mol. The van der Waals surface area contributed by atoms with Gasteiger partial charge in [-0.15, -0.1) is 0 Å². The zero-order valence-electron chi connectivity index (χ0n) is 11.9. The minimum Gasteiger partial charge on any atom is -0.302 e. The molecule has 1 heterocycles. The average Bonchev–Trinajstić information content (AvgIpc) is 3.00. The van der Waals surface area contributed by atoms with Crippen molar-refractivity contribution in [2.24, 2.45) is 5.10 Å². The molecule has 2 nitrogen and oxygen atoms in total. The first-order valence-electron chi connectivity index (χ1n) is 6.93. The highest BCUT2D eigenvalue weighted by Gasteiger charge is 2.19. The van der Waals surface area contributed by atoms with Crippen molar-refractivity contribution in [3.8, 4) is 0 Å². The second-order valence-electron chi connectivity index (χ2n) is 5.17. The van der Waals surface area contributed by atoms with Crippen LogP contribution in [0.15, 0.2) is 47.6 Å². The first-order chi connectivity index (χ1) is 11.0. The molecule has 0 aromatic heterocycles. The molecule has 0 aliphatic carbocycles. The van der Waals surface area contributed by atoms with Crippen LogP contribution in [0.4, 0.5) is 0 Å². The highest BCUT2D eigenvalue weighted by atomic mass is 35.5. The zero-order valence-corrected chi connectivity index (χ0v) is 14.9. The summed E-state index contributed by atoms with van der Waals surface area (Å²) in [7, 11) is 0. The fourth-order valence-corrected chi connectivity index (χ4v) is 2.91. The van der Waals surface area contributed by atoms with Crippen LogP contribution in [0.5, 0.6) is 0 Å². The fraction of sp³-hybridized carbons (Fsp3) is 0.118. The molecule has 6 heteroatoms. The summed E-state index contributed by atoms with van der Waals surface area (Å²) in [5, 5.41) is 6.52. The van der Waals surface area contributed by atoms with Crippen LogP contribution >= 0.6 is 46.4 Å². The predicted octanol–water partition coefficient (Wildman–Crippen LogP) is 6.40. The molecule has 1 N–H and O–H groups in total. The molecule has 0 amide bonds. The van der Waals surface area contributed by atoms with Crippen molar-refractivity contribution in [2.45, 2.75) is 12.5 Å². The van der Waals surface area contributed by atoms with Gasteiger partial charge in [-0.25, -0.2) is 0 Å². The monoisotopic (exact) mass is 384 g/mol. The number of hydrazone groups is 1. The molecular formula is C17H12Cl4N2. The van der Waals surface area contributed by atoms with E-state index in [-0.39, 0.29) is 6.04 Å². The molecule has 1 aliphatic heterocycles. The third-order valence-electron chi connectivity index (χ3n) is 3.54. The van der Waals surface area contributed by atoms with Gasteiger partial charge in [-0.1, -0.05) is 64.6 Å². The number of nitrogens with one attached hydrogen (secondary N) is 1. The van der Waals surface area contributed by atoms with Gasteiger partial charge in [0.25, 0.3) is 0 Å². The van der Waals surface area contributed by atoms with Crippen LogP contribution in [0.25, 0.3) is 6.08 Å². The van der Waals surface area contributed by atoms with E-state index in [0.717, 1.165) is 23.3 Å². The van der Waals surface area contributed by atoms with Gasteiger partial charge >= 0.3 is 0 Å². The molecule has 2 aromatic carbocycles. The second-order valence-corrected chi connectivity index (χ2v) is 6.80. The molecule has 23 heavy (non-hydrogen) atoms. The van der Waals surface area contributed by atoms with Crippen LogP contribution < -0.4 is 5.43 Å². The summed E-state index contributed by atoms with van der Waals surface area (Å²) < 4.78 is 0. The molecule has 0 spiro atoms. The van der Waals surface area contributed by atoms with Gasteiger partial charge in [-0.05, 0) is 41.5 Å². The average molecular weight is 386 g/mol. The number of nitrogens with zero attached hydrogens (tertiary/aromatic N) is 1. The van der Waals surface area contributed by atoms with E-state index in [9.17, 15) is 0 Å². The van der Waals surface area contributed by atoms with Gasteiger partial charge in [0.1, 0.15) is 0 Å². The van der Waals surface area contributed by atoms with Gasteiger partial charge in [0.15, 0.2) is 0 Å². The minimum absolute atomic E-state index is 0.0956. The molecule has 0 saturated carbocycles. The van der Waals surface area contributed by atoms with E-state index in [0.29, 0.717) is 20.1 Å². The Bertz CT molecular complexity index is 799. The van der Waals surface area contributed by atoms with Crippen LogP contribution in [-0.2, 0) is 0 Å². The molecule has 1 aliphatic rings. The van der Waals surface area contributed by atoms with Gasteiger partial charge in [0.2, 0.25) is 0 Å². The zero-order chi connectivity index (χ0) is 16.4. The first-order valence-corrected chi connectivity index (χ1v) is 8.44. The quantitative estimate of drug-likeness (QED) is 0.648. The molecule has 0 bridgehead atoms. The van der Waals surface area contributed by atoms with Crippen molar-refractivity contribution in [2.75, 3.05) is 0 Å². The van der Waals surface area contributed by atoms with Crippen LogP contribution in [0.3, 0.4) is 0 Å². The standard InChI is InChI=1S/C17H12Cl4N2/c18-13-5-2-10(7-15(13)20)1-4-12-9-17(23-22-12)11-3-6-14(19)16(21)8-11/h1-8,17,23H,9H2/b4-1+. The van der Waals surface area contributed by atoms with Gasteiger partial charge < -0.3 is 5.43 Å². The van der Waals surface area contributed by atoms with Crippen molar-refractivity contribution < 1.29 is 0 Å². The minimum atomic E-state index is 0.0956. The lowest BCUT2D eigenvalue weighted by atomic mass is 10.0. The number of benzene rings is 2. The van der Waals surface area contributed by atoms with Crippen molar-refractivity contribution in [3.63, 3.8) is 0 Å². The van der Waals surface area contributed by atoms with Crippen molar-refractivity contribution in [1.82, 2.24) is 5.43 Å². The van der Waals surface area contributed by atoms with Crippen LogP contribution in [-0.4, -0.2) is 5.71 Å². The Kier molecular flexibility index (Phi) is 5.17. The lowest BCUT2D eigenvalue weighted by Gasteiger charge is -2.10. The molecule has 0 saturated heterocycles. The Labute approximate surface area is 154 Å². The Morgan fingerprint density at radius 3 is 2.26 bits per heavy atom. The maximum atomic E-state index is 6.06. The van der Waals surface area contributed by atoms with E-state index in [1.165, 1.54) is 0 Å². The summed E-state index contributed by atoms with van der Waals surface area (Å²) in [5.74, 6) is 0. The molecule has 0 radical (unpaired) electrons. The Morgan fingerprint density at radius 2 is 1.57 bits per heavy atom. The molecule has 1 atom stereocenters. The van der Waals surface area contributed by atoms with Crippen LogP contribution in [0.2, 0.25) is 20.1 Å². The molecule has 2 aromatic rings. The van der Waals surface area contributed by atoms with Crippen LogP contribution in [0.1, 0.15) is 23.6 Å². The lowest BCUT2D eigenvalue weighted by Crippen LogP contribution is -2.09. The SMILES string of the molecule is Clc1ccc(/C=C/C2=NNC(c3ccc(Cl)c(Cl)c3)C2)cc1Cl. The smallest absolute Gasteiger partial charge is 0.0746 e. The number of halogens is 4. The van der Waals surface area contributed by atoms with Crippen molar-refractivity contribution in [1.29, 1.82) is 0 Å². The largest absolute Gasteiger partial charge is 0.302 e. The second kappa shape index (κ2) is 7.14. The molecule has 0 fully saturated rings. The van der Waals surface area contributed by atoms with E-state index >= 15 is 0 Å². The van der Waals surface area contributed by atoms with Gasteiger partial charge in [-0.3, -0.25) is 0 Å². The topological polar surface area (TPSA) is 24.4 Å². The normalized spacial score (nSPS) is 17.4. The molecular weight excluding hydrogens is 374 g/mol.